The van der Waals surface area contributed by atoms with E-state index in [1.807, 2.05) is 0 Å². The van der Waals surface area contributed by atoms with E-state index in [-0.39, 0.29) is 45.8 Å². The first-order valence-corrected chi connectivity index (χ1v) is 8.46. The molecule has 1 aromatic heterocycles. The van der Waals surface area contributed by atoms with E-state index in [1.165, 1.54) is 12.1 Å². The third-order valence-corrected chi connectivity index (χ3v) is 5.35. The van der Waals surface area contributed by atoms with E-state index < -0.39 is 11.8 Å². The van der Waals surface area contributed by atoms with Gasteiger partial charge in [0.2, 0.25) is 0 Å². The van der Waals surface area contributed by atoms with E-state index in [9.17, 15) is 18.9 Å². The molecule has 0 saturated heterocycles. The van der Waals surface area contributed by atoms with Crippen molar-refractivity contribution in [3.8, 4) is 0 Å². The summed E-state index contributed by atoms with van der Waals surface area (Å²) < 4.78 is 15.5. The van der Waals surface area contributed by atoms with Crippen molar-refractivity contribution in [1.82, 2.24) is 13.9 Å². The molecule has 0 aliphatic carbocycles. The summed E-state index contributed by atoms with van der Waals surface area (Å²) in [4.78, 5) is 34.1. The number of halogens is 2. The van der Waals surface area contributed by atoms with Gasteiger partial charge in [0, 0.05) is 0 Å². The molecule has 2 amide bonds. The van der Waals surface area contributed by atoms with Gasteiger partial charge in [0.05, 0.1) is 0 Å². The number of fused-ring (bicyclic) bond motifs is 1. The third-order valence-electron chi connectivity index (χ3n) is 2.83. The van der Waals surface area contributed by atoms with E-state index in [0.29, 0.717) is 10.4 Å². The number of alkyl halides is 1. The summed E-state index contributed by atoms with van der Waals surface area (Å²) in [5, 5.41) is 6.07. The number of nitrogens with one attached hydrogen (secondary N) is 1. The molecule has 0 bridgehead atoms. The standard InChI is InChI=1S/C12H12ClFN4O3Se/c13-3-5-17(16-21)12(20)15-4-6-18-11(19)9-7-8(14)1-2-10(9)22-18/h1-2,7H,3-6H2,(H,15,20). The Morgan fingerprint density at radius 3 is 2.95 bits per heavy atom. The van der Waals surface area contributed by atoms with Gasteiger partial charge >= 0.3 is 135 Å². The quantitative estimate of drug-likeness (QED) is 0.346. The molecule has 0 saturated carbocycles. The number of carbonyl (C=O) groups excluding carboxylic acids is 1. The Balaban J connectivity index is 2.00. The van der Waals surface area contributed by atoms with Crippen LogP contribution in [-0.4, -0.2) is 48.3 Å². The molecule has 0 atom stereocenters. The van der Waals surface area contributed by atoms with E-state index in [4.69, 9.17) is 11.6 Å². The minimum absolute atomic E-state index is 0.00812. The van der Waals surface area contributed by atoms with Crippen molar-refractivity contribution in [2.24, 2.45) is 5.29 Å². The topological polar surface area (TPSA) is 83.8 Å². The minimum atomic E-state index is -0.668. The summed E-state index contributed by atoms with van der Waals surface area (Å²) >= 11 is 5.19. The number of aromatic nitrogens is 1. The van der Waals surface area contributed by atoms with Crippen molar-refractivity contribution in [1.29, 1.82) is 0 Å². The molecule has 2 aromatic rings. The Hall–Kier alpha value is -1.70. The number of nitrogens with zero attached hydrogens (tertiary/aromatic N) is 3. The van der Waals surface area contributed by atoms with E-state index in [1.54, 1.807) is 9.63 Å². The molecule has 1 heterocycles. The number of hydrogen-bond donors (Lipinski definition) is 1. The number of hydrogen-bond acceptors (Lipinski definition) is 4. The molecule has 1 N–H and O–H groups in total. The molecule has 0 radical (unpaired) electrons. The molecule has 2 rings (SSSR count). The molecule has 10 heteroatoms. The van der Waals surface area contributed by atoms with Crippen LogP contribution in [0.25, 0.3) is 9.65 Å². The number of carbonyl (C=O) groups is 1. The van der Waals surface area contributed by atoms with Crippen LogP contribution in [0.3, 0.4) is 0 Å². The van der Waals surface area contributed by atoms with Crippen LogP contribution in [0.5, 0.6) is 0 Å². The van der Waals surface area contributed by atoms with Crippen molar-refractivity contribution in [3.63, 3.8) is 0 Å². The molecule has 1 aromatic carbocycles. The fourth-order valence-corrected chi connectivity index (χ4v) is 4.01. The molecule has 0 aliphatic heterocycles. The van der Waals surface area contributed by atoms with Crippen LogP contribution in [0, 0.1) is 10.7 Å². The van der Waals surface area contributed by atoms with Crippen molar-refractivity contribution in [2.75, 3.05) is 19.0 Å². The van der Waals surface area contributed by atoms with E-state index in [2.05, 4.69) is 10.6 Å². The average molecular weight is 394 g/mol. The first-order chi connectivity index (χ1) is 10.6. The van der Waals surface area contributed by atoms with Crippen molar-refractivity contribution in [3.05, 3.63) is 39.3 Å². The second-order valence-corrected chi connectivity index (χ2v) is 6.87. The number of nitroso groups, excluding NO2 is 1. The van der Waals surface area contributed by atoms with Gasteiger partial charge in [-0.25, -0.2) is 0 Å². The molecule has 0 aliphatic rings. The Morgan fingerprint density at radius 1 is 1.50 bits per heavy atom. The fourth-order valence-electron chi connectivity index (χ4n) is 1.81. The van der Waals surface area contributed by atoms with Gasteiger partial charge in [0.1, 0.15) is 0 Å². The second kappa shape index (κ2) is 7.53. The molecule has 22 heavy (non-hydrogen) atoms. The van der Waals surface area contributed by atoms with Crippen LogP contribution in [0.2, 0.25) is 0 Å². The van der Waals surface area contributed by atoms with Gasteiger partial charge < -0.3 is 0 Å². The van der Waals surface area contributed by atoms with Crippen LogP contribution < -0.4 is 10.9 Å². The zero-order valence-corrected chi connectivity index (χ0v) is 13.8. The van der Waals surface area contributed by atoms with Crippen molar-refractivity contribution in [2.45, 2.75) is 6.54 Å². The summed E-state index contributed by atoms with van der Waals surface area (Å²) in [5.74, 6) is -0.361. The predicted octanol–water partition coefficient (Wildman–Crippen LogP) is 1.13. The molecular weight excluding hydrogens is 382 g/mol. The van der Waals surface area contributed by atoms with Crippen LogP contribution >= 0.6 is 11.6 Å². The Labute approximate surface area is 135 Å². The summed E-state index contributed by atoms with van der Waals surface area (Å²) in [6.45, 7) is 0.444. The SMILES string of the molecule is O=NN(CCCl)C(=O)NCCn1[se]c2ccc(F)cc2c1=O. The van der Waals surface area contributed by atoms with Crippen molar-refractivity contribution < 1.29 is 9.18 Å². The van der Waals surface area contributed by atoms with Gasteiger partial charge in [0.25, 0.3) is 0 Å². The first kappa shape index (κ1) is 16.7. The monoisotopic (exact) mass is 394 g/mol. The molecule has 7 nitrogen and oxygen atoms in total. The first-order valence-electron chi connectivity index (χ1n) is 6.31. The molecule has 0 fully saturated rings. The van der Waals surface area contributed by atoms with Crippen LogP contribution in [0.4, 0.5) is 9.18 Å². The van der Waals surface area contributed by atoms with Crippen LogP contribution in [0.1, 0.15) is 0 Å². The van der Waals surface area contributed by atoms with E-state index >= 15 is 0 Å². The number of rotatable bonds is 6. The number of amides is 2. The van der Waals surface area contributed by atoms with Gasteiger partial charge in [-0.1, -0.05) is 0 Å². The third kappa shape index (κ3) is 3.73. The second-order valence-electron chi connectivity index (χ2n) is 4.26. The molecule has 0 spiro atoms. The van der Waals surface area contributed by atoms with Crippen molar-refractivity contribution >= 4 is 42.0 Å². The maximum absolute atomic E-state index is 13.1. The predicted molar refractivity (Wildman–Crippen MR) is 81.7 cm³/mol. The summed E-state index contributed by atoms with van der Waals surface area (Å²) in [6.07, 6.45) is 0. The summed E-state index contributed by atoms with van der Waals surface area (Å²) in [7, 11) is 0. The Morgan fingerprint density at radius 2 is 2.27 bits per heavy atom. The number of benzene rings is 1. The van der Waals surface area contributed by atoms with Gasteiger partial charge in [-0.05, 0) is 0 Å². The normalized spacial score (nSPS) is 10.6. The molecule has 0 unspecified atom stereocenters. The zero-order chi connectivity index (χ0) is 16.1. The van der Waals surface area contributed by atoms with Gasteiger partial charge in [0.15, 0.2) is 0 Å². The molecule has 118 valence electrons. The Kier molecular flexibility index (Phi) is 5.70. The average Bonchev–Trinajstić information content (AvgIpc) is 2.81. The fraction of sp³-hybridized carbons (Fsp3) is 0.333. The summed E-state index contributed by atoms with van der Waals surface area (Å²) in [6, 6.07) is 3.47. The van der Waals surface area contributed by atoms with E-state index in [0.717, 1.165) is 4.26 Å². The van der Waals surface area contributed by atoms with Crippen LogP contribution in [0.15, 0.2) is 28.3 Å². The van der Waals surface area contributed by atoms with Gasteiger partial charge in [-0.2, -0.15) is 0 Å². The van der Waals surface area contributed by atoms with Gasteiger partial charge in [-0.3, -0.25) is 0 Å². The summed E-state index contributed by atoms with van der Waals surface area (Å²) in [5.41, 5.74) is -0.255. The molecular formula is C12H12ClFN4O3Se. The maximum atomic E-state index is 13.1. The van der Waals surface area contributed by atoms with Crippen LogP contribution in [-0.2, 0) is 6.54 Å². The van der Waals surface area contributed by atoms with Gasteiger partial charge in [-0.15, -0.1) is 0 Å². The number of urea groups is 1. The zero-order valence-electron chi connectivity index (χ0n) is 11.3. The Bertz CT molecular complexity index is 748.